The van der Waals surface area contributed by atoms with Gasteiger partial charge in [-0.3, -0.25) is 4.90 Å². The monoisotopic (exact) mass is 308 g/mol. The second kappa shape index (κ2) is 6.85. The third kappa shape index (κ3) is 3.50. The van der Waals surface area contributed by atoms with E-state index in [2.05, 4.69) is 5.32 Å². The van der Waals surface area contributed by atoms with Gasteiger partial charge in [0.25, 0.3) is 0 Å². The van der Waals surface area contributed by atoms with Crippen molar-refractivity contribution in [2.45, 2.75) is 31.8 Å². The molecule has 1 aromatic carbocycles. The van der Waals surface area contributed by atoms with Crippen molar-refractivity contribution in [3.05, 3.63) is 29.8 Å². The van der Waals surface area contributed by atoms with Crippen LogP contribution in [0.25, 0.3) is 0 Å². The van der Waals surface area contributed by atoms with Gasteiger partial charge in [-0.2, -0.15) is 11.8 Å². The van der Waals surface area contributed by atoms with Crippen molar-refractivity contribution in [3.63, 3.8) is 0 Å². The van der Waals surface area contributed by atoms with Gasteiger partial charge in [-0.15, -0.1) is 0 Å². The van der Waals surface area contributed by atoms with Crippen LogP contribution in [0.15, 0.2) is 24.3 Å². The summed E-state index contributed by atoms with van der Waals surface area (Å²) in [7, 11) is 0. The highest BCUT2D eigenvalue weighted by atomic mass is 32.2. The van der Waals surface area contributed by atoms with E-state index >= 15 is 0 Å². The molecule has 0 aromatic heterocycles. The van der Waals surface area contributed by atoms with Crippen LogP contribution < -0.4 is 10.2 Å². The maximum Gasteiger partial charge on any atom is 0.326 e. The van der Waals surface area contributed by atoms with E-state index in [-0.39, 0.29) is 12.1 Å². The number of aliphatic carboxylic acids is 1. The summed E-state index contributed by atoms with van der Waals surface area (Å²) in [6, 6.07) is 6.60. The first kappa shape index (κ1) is 15.7. The quantitative estimate of drug-likeness (QED) is 0.876. The molecule has 0 fully saturated rings. The summed E-state index contributed by atoms with van der Waals surface area (Å²) in [5.74, 6) is -0.291. The fraction of sp³-hybridized carbons (Fsp3) is 0.467. The molecule has 0 aliphatic carbocycles. The van der Waals surface area contributed by atoms with Crippen molar-refractivity contribution >= 4 is 29.4 Å². The molecule has 2 atom stereocenters. The van der Waals surface area contributed by atoms with Crippen LogP contribution in [-0.4, -0.2) is 41.2 Å². The van der Waals surface area contributed by atoms with E-state index in [0.717, 1.165) is 17.7 Å². The second-order valence-electron chi connectivity index (χ2n) is 5.17. The van der Waals surface area contributed by atoms with Crippen LogP contribution in [-0.2, 0) is 11.2 Å². The molecule has 114 valence electrons. The number of para-hydroxylation sites is 1. The number of nitrogens with zero attached hydrogens (tertiary/aromatic N) is 1. The molecule has 2 N–H and O–H groups in total. The predicted octanol–water partition coefficient (Wildman–Crippen LogP) is 2.35. The molecule has 2 amide bonds. The standard InChI is InChI=1S/C15H20N2O3S/c1-10-9-11-5-3-4-6-13(11)17(10)15(20)16-12(14(18)19)7-8-21-2/h3-6,10,12H,7-9H2,1-2H3,(H,16,20)(H,18,19)/t10?,12-/m0/s1. The second-order valence-corrected chi connectivity index (χ2v) is 6.16. The molecular formula is C15H20N2O3S. The van der Waals surface area contributed by atoms with Crippen LogP contribution in [0.5, 0.6) is 0 Å². The van der Waals surface area contributed by atoms with Crippen LogP contribution in [0.3, 0.4) is 0 Å². The van der Waals surface area contributed by atoms with E-state index in [9.17, 15) is 14.7 Å². The molecule has 1 aliphatic heterocycles. The van der Waals surface area contributed by atoms with Crippen molar-refractivity contribution in [3.8, 4) is 0 Å². The van der Waals surface area contributed by atoms with E-state index in [1.165, 1.54) is 0 Å². The number of anilines is 1. The number of nitrogens with one attached hydrogen (secondary N) is 1. The summed E-state index contributed by atoms with van der Waals surface area (Å²) in [6.07, 6.45) is 3.14. The summed E-state index contributed by atoms with van der Waals surface area (Å²) < 4.78 is 0. The lowest BCUT2D eigenvalue weighted by Gasteiger charge is -2.25. The third-order valence-corrected chi connectivity index (χ3v) is 4.28. The average Bonchev–Trinajstić information content (AvgIpc) is 2.78. The zero-order valence-corrected chi connectivity index (χ0v) is 13.0. The van der Waals surface area contributed by atoms with E-state index < -0.39 is 12.0 Å². The van der Waals surface area contributed by atoms with Gasteiger partial charge in [0.05, 0.1) is 0 Å². The van der Waals surface area contributed by atoms with Crippen LogP contribution in [0.2, 0.25) is 0 Å². The van der Waals surface area contributed by atoms with Gasteiger partial charge in [0, 0.05) is 11.7 Å². The molecule has 0 saturated heterocycles. The number of amides is 2. The van der Waals surface area contributed by atoms with Crippen LogP contribution >= 0.6 is 11.8 Å². The number of benzene rings is 1. The molecule has 0 spiro atoms. The van der Waals surface area contributed by atoms with Crippen molar-refractivity contribution < 1.29 is 14.7 Å². The van der Waals surface area contributed by atoms with Gasteiger partial charge in [-0.25, -0.2) is 9.59 Å². The Hall–Kier alpha value is -1.69. The van der Waals surface area contributed by atoms with Crippen LogP contribution in [0.4, 0.5) is 10.5 Å². The fourth-order valence-corrected chi connectivity index (χ4v) is 3.06. The van der Waals surface area contributed by atoms with Gasteiger partial charge >= 0.3 is 12.0 Å². The van der Waals surface area contributed by atoms with Crippen molar-refractivity contribution in [2.24, 2.45) is 0 Å². The number of thioether (sulfide) groups is 1. The lowest BCUT2D eigenvalue weighted by Crippen LogP contribution is -2.50. The number of carbonyl (C=O) groups is 2. The summed E-state index contributed by atoms with van der Waals surface area (Å²) >= 11 is 1.57. The highest BCUT2D eigenvalue weighted by molar-refractivity contribution is 7.98. The first-order valence-electron chi connectivity index (χ1n) is 6.94. The van der Waals surface area contributed by atoms with E-state index in [4.69, 9.17) is 0 Å². The Kier molecular flexibility index (Phi) is 5.12. The number of urea groups is 1. The van der Waals surface area contributed by atoms with E-state index in [0.29, 0.717) is 12.2 Å². The predicted molar refractivity (Wildman–Crippen MR) is 85.0 cm³/mol. The first-order valence-corrected chi connectivity index (χ1v) is 8.33. The lowest BCUT2D eigenvalue weighted by molar-refractivity contribution is -0.139. The zero-order chi connectivity index (χ0) is 15.4. The van der Waals surface area contributed by atoms with Crippen LogP contribution in [0, 0.1) is 0 Å². The molecule has 1 heterocycles. The summed E-state index contributed by atoms with van der Waals surface area (Å²) in [4.78, 5) is 25.3. The lowest BCUT2D eigenvalue weighted by atomic mass is 10.1. The number of hydrogen-bond acceptors (Lipinski definition) is 3. The molecule has 6 heteroatoms. The molecule has 21 heavy (non-hydrogen) atoms. The maximum absolute atomic E-state index is 12.4. The fourth-order valence-electron chi connectivity index (χ4n) is 2.59. The first-order chi connectivity index (χ1) is 10.0. The Morgan fingerprint density at radius 3 is 2.86 bits per heavy atom. The highest BCUT2D eigenvalue weighted by Gasteiger charge is 2.32. The van der Waals surface area contributed by atoms with Crippen molar-refractivity contribution in [2.75, 3.05) is 16.9 Å². The molecular weight excluding hydrogens is 288 g/mol. The highest BCUT2D eigenvalue weighted by Crippen LogP contribution is 2.31. The minimum absolute atomic E-state index is 0.0393. The zero-order valence-electron chi connectivity index (χ0n) is 12.2. The number of carboxylic acids is 1. The van der Waals surface area contributed by atoms with Crippen LogP contribution in [0.1, 0.15) is 18.9 Å². The Morgan fingerprint density at radius 1 is 1.48 bits per heavy atom. The number of hydrogen-bond donors (Lipinski definition) is 2. The maximum atomic E-state index is 12.4. The van der Waals surface area contributed by atoms with Crippen molar-refractivity contribution in [1.82, 2.24) is 5.32 Å². The number of rotatable bonds is 5. The molecule has 0 radical (unpaired) electrons. The van der Waals surface area contributed by atoms with E-state index in [1.54, 1.807) is 16.7 Å². The average molecular weight is 308 g/mol. The van der Waals surface area contributed by atoms with Gasteiger partial charge in [0.15, 0.2) is 0 Å². The molecule has 0 bridgehead atoms. The number of carbonyl (C=O) groups excluding carboxylic acids is 1. The topological polar surface area (TPSA) is 69.6 Å². The third-order valence-electron chi connectivity index (χ3n) is 3.63. The molecule has 1 aliphatic rings. The minimum Gasteiger partial charge on any atom is -0.480 e. The Bertz CT molecular complexity index is 535. The molecule has 1 aromatic rings. The molecule has 0 saturated carbocycles. The molecule has 5 nitrogen and oxygen atoms in total. The van der Waals surface area contributed by atoms with Gasteiger partial charge in [-0.05, 0) is 43.4 Å². The normalized spacial score (nSPS) is 18.2. The van der Waals surface area contributed by atoms with Gasteiger partial charge in [0.1, 0.15) is 6.04 Å². The van der Waals surface area contributed by atoms with Gasteiger partial charge in [0.2, 0.25) is 0 Å². The van der Waals surface area contributed by atoms with Gasteiger partial charge < -0.3 is 10.4 Å². The van der Waals surface area contributed by atoms with Gasteiger partial charge in [-0.1, -0.05) is 18.2 Å². The smallest absolute Gasteiger partial charge is 0.326 e. The number of fused-ring (bicyclic) bond motifs is 1. The molecule has 2 rings (SSSR count). The SMILES string of the molecule is CSCC[C@H](NC(=O)N1c2ccccc2CC1C)C(=O)O. The number of carboxylic acid groups (broad SMARTS) is 1. The summed E-state index contributed by atoms with van der Waals surface area (Å²) in [6.45, 7) is 1.97. The summed E-state index contributed by atoms with van der Waals surface area (Å²) in [5, 5.41) is 11.8. The molecule has 1 unspecified atom stereocenters. The Morgan fingerprint density at radius 2 is 2.19 bits per heavy atom. The largest absolute Gasteiger partial charge is 0.480 e. The minimum atomic E-state index is -0.988. The Labute approximate surface area is 128 Å². The Balaban J connectivity index is 2.10. The summed E-state index contributed by atoms with van der Waals surface area (Å²) in [5.41, 5.74) is 1.99. The van der Waals surface area contributed by atoms with E-state index in [1.807, 2.05) is 37.4 Å². The van der Waals surface area contributed by atoms with Crippen molar-refractivity contribution in [1.29, 1.82) is 0 Å².